The molecule has 3 aromatic rings. The van der Waals surface area contributed by atoms with Crippen molar-refractivity contribution in [2.45, 2.75) is 19.9 Å². The summed E-state index contributed by atoms with van der Waals surface area (Å²) in [6.45, 7) is 2.35. The summed E-state index contributed by atoms with van der Waals surface area (Å²) < 4.78 is 1.70. The quantitative estimate of drug-likeness (QED) is 0.759. The minimum absolute atomic E-state index is 0.123. The Labute approximate surface area is 148 Å². The molecule has 2 amide bonds. The van der Waals surface area contributed by atoms with Crippen molar-refractivity contribution in [3.05, 3.63) is 64.1 Å². The van der Waals surface area contributed by atoms with Gasteiger partial charge in [-0.05, 0) is 30.7 Å². The van der Waals surface area contributed by atoms with E-state index in [-0.39, 0.29) is 11.8 Å². The molecule has 0 aliphatic carbocycles. The fourth-order valence-electron chi connectivity index (χ4n) is 3.11. The van der Waals surface area contributed by atoms with Crippen molar-refractivity contribution >= 4 is 34.7 Å². The topological polar surface area (TPSA) is 75.5 Å². The summed E-state index contributed by atoms with van der Waals surface area (Å²) in [6, 6.07) is 8.82. The van der Waals surface area contributed by atoms with E-state index in [0.717, 1.165) is 5.56 Å². The molecule has 1 aliphatic rings. The number of amides is 2. The Morgan fingerprint density at radius 3 is 3.00 bits per heavy atom. The number of aromatic nitrogens is 2. The number of fused-ring (bicyclic) bond motifs is 2. The first-order valence-electron chi connectivity index (χ1n) is 7.96. The zero-order chi connectivity index (χ0) is 17.6. The maximum Gasteiger partial charge on any atom is 0.274 e. The van der Waals surface area contributed by atoms with Crippen LogP contribution in [0.2, 0.25) is 5.02 Å². The molecule has 4 rings (SSSR count). The van der Waals surface area contributed by atoms with Crippen LogP contribution in [0.1, 0.15) is 39.0 Å². The molecule has 0 saturated carbocycles. The van der Waals surface area contributed by atoms with Crippen LogP contribution >= 0.6 is 11.6 Å². The fraction of sp³-hybridized carbons (Fsp3) is 0.167. The lowest BCUT2D eigenvalue weighted by Gasteiger charge is -2.10. The summed E-state index contributed by atoms with van der Waals surface area (Å²) in [4.78, 5) is 29.2. The Morgan fingerprint density at radius 1 is 1.36 bits per heavy atom. The third kappa shape index (κ3) is 2.55. The molecule has 25 heavy (non-hydrogen) atoms. The monoisotopic (exact) mass is 354 g/mol. The summed E-state index contributed by atoms with van der Waals surface area (Å²) in [5, 5.41) is 6.21. The average molecular weight is 355 g/mol. The first-order valence-corrected chi connectivity index (χ1v) is 8.34. The van der Waals surface area contributed by atoms with Gasteiger partial charge in [0.15, 0.2) is 0 Å². The van der Waals surface area contributed by atoms with Gasteiger partial charge in [0.05, 0.1) is 10.7 Å². The van der Waals surface area contributed by atoms with Crippen LogP contribution in [0.25, 0.3) is 5.65 Å². The Kier molecular flexibility index (Phi) is 3.69. The Balaban J connectivity index is 1.77. The molecule has 0 atom stereocenters. The van der Waals surface area contributed by atoms with Crippen molar-refractivity contribution in [3.63, 3.8) is 0 Å². The highest BCUT2D eigenvalue weighted by atomic mass is 35.5. The summed E-state index contributed by atoms with van der Waals surface area (Å²) >= 11 is 6.07. The summed E-state index contributed by atoms with van der Waals surface area (Å²) in [5.74, 6) is -0.402. The average Bonchev–Trinajstić information content (AvgIpc) is 3.16. The molecule has 1 aliphatic heterocycles. The summed E-state index contributed by atoms with van der Waals surface area (Å²) in [5.41, 5.74) is 3.83. The lowest BCUT2D eigenvalue weighted by atomic mass is 10.1. The normalized spacial score (nSPS) is 13.0. The molecule has 7 heteroatoms. The molecule has 0 radical (unpaired) electrons. The van der Waals surface area contributed by atoms with E-state index in [1.165, 1.54) is 0 Å². The van der Waals surface area contributed by atoms with Crippen molar-refractivity contribution in [3.8, 4) is 0 Å². The van der Waals surface area contributed by atoms with Gasteiger partial charge < -0.3 is 10.6 Å². The van der Waals surface area contributed by atoms with E-state index in [1.807, 2.05) is 6.92 Å². The van der Waals surface area contributed by atoms with Gasteiger partial charge in [0.2, 0.25) is 0 Å². The van der Waals surface area contributed by atoms with Crippen LogP contribution in [0.3, 0.4) is 0 Å². The second kappa shape index (κ2) is 5.89. The van der Waals surface area contributed by atoms with Crippen LogP contribution in [-0.2, 0) is 13.0 Å². The summed E-state index contributed by atoms with van der Waals surface area (Å²) in [7, 11) is 0. The highest BCUT2D eigenvalue weighted by Crippen LogP contribution is 2.25. The van der Waals surface area contributed by atoms with Crippen LogP contribution in [0, 0.1) is 0 Å². The van der Waals surface area contributed by atoms with Gasteiger partial charge in [0, 0.05) is 29.6 Å². The maximum atomic E-state index is 12.9. The van der Waals surface area contributed by atoms with Crippen LogP contribution < -0.4 is 10.6 Å². The van der Waals surface area contributed by atoms with Crippen molar-refractivity contribution in [2.24, 2.45) is 0 Å². The minimum atomic E-state index is -0.278. The fourth-order valence-corrected chi connectivity index (χ4v) is 3.27. The van der Waals surface area contributed by atoms with Gasteiger partial charge in [0.1, 0.15) is 11.3 Å². The van der Waals surface area contributed by atoms with Crippen LogP contribution in [-0.4, -0.2) is 21.2 Å². The number of nitrogens with zero attached hydrogens (tertiary/aromatic N) is 2. The number of pyridine rings is 1. The molecule has 0 spiro atoms. The second-order valence-electron chi connectivity index (χ2n) is 5.80. The maximum absolute atomic E-state index is 12.9. The minimum Gasteiger partial charge on any atom is -0.348 e. The zero-order valence-electron chi connectivity index (χ0n) is 13.5. The number of hydrogen-bond donors (Lipinski definition) is 2. The number of carbonyl (C=O) groups excluding carboxylic acids is 2. The van der Waals surface area contributed by atoms with E-state index >= 15 is 0 Å². The SMILES string of the molecule is CCc1nc2ccc(Cl)cn2c1C(=O)Nc1cccc2c1CNC2=O. The first-order chi connectivity index (χ1) is 12.1. The number of benzene rings is 1. The number of carbonyl (C=O) groups is 2. The molecular weight excluding hydrogens is 340 g/mol. The van der Waals surface area contributed by atoms with Crippen LogP contribution in [0.15, 0.2) is 36.5 Å². The van der Waals surface area contributed by atoms with Gasteiger partial charge in [0.25, 0.3) is 11.8 Å². The molecule has 6 nitrogen and oxygen atoms in total. The first kappa shape index (κ1) is 15.7. The lowest BCUT2D eigenvalue weighted by molar-refractivity contribution is 0.0964. The zero-order valence-corrected chi connectivity index (χ0v) is 14.2. The smallest absolute Gasteiger partial charge is 0.274 e. The molecule has 0 fully saturated rings. The van der Waals surface area contributed by atoms with E-state index in [1.54, 1.807) is 40.9 Å². The number of imidazole rings is 1. The standard InChI is InChI=1S/C18H15ClN4O2/c1-2-13-16(23-9-10(19)6-7-15(23)21-13)18(25)22-14-5-3-4-11-12(14)8-20-17(11)24/h3-7,9H,2,8H2,1H3,(H,20,24)(H,22,25). The van der Waals surface area contributed by atoms with Gasteiger partial charge >= 0.3 is 0 Å². The number of aryl methyl sites for hydroxylation is 1. The van der Waals surface area contributed by atoms with Gasteiger partial charge in [-0.2, -0.15) is 0 Å². The van der Waals surface area contributed by atoms with Crippen LogP contribution in [0.4, 0.5) is 5.69 Å². The molecule has 0 unspecified atom stereocenters. The molecule has 1 aromatic carbocycles. The molecule has 0 saturated heterocycles. The summed E-state index contributed by atoms with van der Waals surface area (Å²) in [6.07, 6.45) is 2.30. The molecule has 0 bridgehead atoms. The van der Waals surface area contributed by atoms with Crippen molar-refractivity contribution in [1.82, 2.24) is 14.7 Å². The highest BCUT2D eigenvalue weighted by molar-refractivity contribution is 6.30. The Morgan fingerprint density at radius 2 is 2.20 bits per heavy atom. The van der Waals surface area contributed by atoms with Crippen LogP contribution in [0.5, 0.6) is 0 Å². The molecule has 2 N–H and O–H groups in total. The molecular formula is C18H15ClN4O2. The third-order valence-corrected chi connectivity index (χ3v) is 4.52. The van der Waals surface area contributed by atoms with Gasteiger partial charge in [-0.15, -0.1) is 0 Å². The molecule has 126 valence electrons. The molecule has 3 heterocycles. The van der Waals surface area contributed by atoms with E-state index in [0.29, 0.717) is 46.3 Å². The van der Waals surface area contributed by atoms with Crippen molar-refractivity contribution in [1.29, 1.82) is 0 Å². The molecule has 2 aromatic heterocycles. The van der Waals surface area contributed by atoms with E-state index in [4.69, 9.17) is 11.6 Å². The van der Waals surface area contributed by atoms with Gasteiger partial charge in [-0.25, -0.2) is 4.98 Å². The highest BCUT2D eigenvalue weighted by Gasteiger charge is 2.24. The largest absolute Gasteiger partial charge is 0.348 e. The van der Waals surface area contributed by atoms with Gasteiger partial charge in [-0.1, -0.05) is 24.6 Å². The predicted molar refractivity (Wildman–Crippen MR) is 95.1 cm³/mol. The Hall–Kier alpha value is -2.86. The van der Waals surface area contributed by atoms with E-state index < -0.39 is 0 Å². The van der Waals surface area contributed by atoms with Crippen molar-refractivity contribution < 1.29 is 9.59 Å². The number of anilines is 1. The second-order valence-corrected chi connectivity index (χ2v) is 6.24. The number of nitrogens with one attached hydrogen (secondary N) is 2. The number of hydrogen-bond acceptors (Lipinski definition) is 3. The predicted octanol–water partition coefficient (Wildman–Crippen LogP) is 3.05. The van der Waals surface area contributed by atoms with Gasteiger partial charge in [-0.3, -0.25) is 14.0 Å². The Bertz CT molecular complexity index is 1030. The number of rotatable bonds is 3. The number of halogens is 1. The third-order valence-electron chi connectivity index (χ3n) is 4.30. The van der Waals surface area contributed by atoms with E-state index in [2.05, 4.69) is 15.6 Å². The lowest BCUT2D eigenvalue weighted by Crippen LogP contribution is -2.17. The van der Waals surface area contributed by atoms with Crippen molar-refractivity contribution in [2.75, 3.05) is 5.32 Å². The van der Waals surface area contributed by atoms with E-state index in [9.17, 15) is 9.59 Å².